The van der Waals surface area contributed by atoms with E-state index in [0.29, 0.717) is 23.9 Å². The molecule has 2 N–H and O–H groups in total. The van der Waals surface area contributed by atoms with E-state index in [2.05, 4.69) is 20.8 Å². The predicted octanol–water partition coefficient (Wildman–Crippen LogP) is 2.99. The fourth-order valence-electron chi connectivity index (χ4n) is 2.41. The molecule has 1 aromatic heterocycles. The van der Waals surface area contributed by atoms with Crippen molar-refractivity contribution in [3.05, 3.63) is 59.4 Å². The summed E-state index contributed by atoms with van der Waals surface area (Å²) in [6.45, 7) is 2.57. The lowest BCUT2D eigenvalue weighted by molar-refractivity contribution is 0.0480. The molecule has 2 aromatic rings. The molecule has 10 heteroatoms. The molecule has 8 nitrogen and oxygen atoms in total. The Balaban J connectivity index is 1.96. The molecule has 0 bridgehead atoms. The van der Waals surface area contributed by atoms with Crippen molar-refractivity contribution in [3.8, 4) is 0 Å². The van der Waals surface area contributed by atoms with Crippen LogP contribution in [0.4, 0.5) is 19.3 Å². The van der Waals surface area contributed by atoms with E-state index < -0.39 is 29.6 Å². The van der Waals surface area contributed by atoms with E-state index in [-0.39, 0.29) is 12.3 Å². The first-order valence-corrected chi connectivity index (χ1v) is 9.09. The Morgan fingerprint density at radius 2 is 1.97 bits per heavy atom. The topological polar surface area (TPSA) is 95.9 Å². The predicted molar refractivity (Wildman–Crippen MR) is 108 cm³/mol. The van der Waals surface area contributed by atoms with Crippen molar-refractivity contribution in [2.75, 3.05) is 32.6 Å². The number of benzene rings is 1. The van der Waals surface area contributed by atoms with Gasteiger partial charge in [-0.2, -0.15) is 5.10 Å². The average Bonchev–Trinajstić information content (AvgIpc) is 2.66. The molecule has 0 aliphatic rings. The van der Waals surface area contributed by atoms with Gasteiger partial charge in [0.15, 0.2) is 0 Å². The SMILES string of the molecule is CC(/C=N\NC(=O)Nc1cc(F)cc(F)c1)c1ncccc1C(=O)OCCN(C)C. The molecule has 0 radical (unpaired) electrons. The summed E-state index contributed by atoms with van der Waals surface area (Å²) in [4.78, 5) is 30.3. The molecule has 30 heavy (non-hydrogen) atoms. The summed E-state index contributed by atoms with van der Waals surface area (Å²) in [5.74, 6) is -2.56. The van der Waals surface area contributed by atoms with Gasteiger partial charge in [0.05, 0.1) is 11.3 Å². The second kappa shape index (κ2) is 11.0. The molecular formula is C20H23F2N5O3. The number of nitrogens with zero attached hydrogens (tertiary/aromatic N) is 3. The van der Waals surface area contributed by atoms with Gasteiger partial charge in [0.1, 0.15) is 18.2 Å². The highest BCUT2D eigenvalue weighted by molar-refractivity contribution is 5.92. The van der Waals surface area contributed by atoms with Crippen molar-refractivity contribution in [1.29, 1.82) is 0 Å². The molecule has 160 valence electrons. The third-order valence-electron chi connectivity index (χ3n) is 3.85. The average molecular weight is 419 g/mol. The second-order valence-electron chi connectivity index (χ2n) is 6.67. The molecule has 0 saturated carbocycles. The van der Waals surface area contributed by atoms with Crippen LogP contribution in [0.2, 0.25) is 0 Å². The van der Waals surface area contributed by atoms with Crippen LogP contribution in [0, 0.1) is 11.6 Å². The van der Waals surface area contributed by atoms with Crippen LogP contribution in [-0.2, 0) is 4.74 Å². The highest BCUT2D eigenvalue weighted by atomic mass is 19.1. The zero-order valence-electron chi connectivity index (χ0n) is 16.9. The number of pyridine rings is 1. The Labute approximate surface area is 172 Å². The Hall–Kier alpha value is -3.40. The number of rotatable bonds is 8. The first-order chi connectivity index (χ1) is 14.3. The van der Waals surface area contributed by atoms with Gasteiger partial charge in [0.2, 0.25) is 0 Å². The molecule has 0 saturated heterocycles. The van der Waals surface area contributed by atoms with Gasteiger partial charge in [-0.3, -0.25) is 4.98 Å². The largest absolute Gasteiger partial charge is 0.461 e. The maximum atomic E-state index is 13.2. The fourth-order valence-corrected chi connectivity index (χ4v) is 2.41. The van der Waals surface area contributed by atoms with E-state index >= 15 is 0 Å². The molecule has 1 atom stereocenters. The molecular weight excluding hydrogens is 396 g/mol. The number of amides is 2. The Morgan fingerprint density at radius 3 is 2.63 bits per heavy atom. The van der Waals surface area contributed by atoms with Crippen LogP contribution in [0.15, 0.2) is 41.6 Å². The first-order valence-electron chi connectivity index (χ1n) is 9.09. The maximum Gasteiger partial charge on any atom is 0.340 e. The van der Waals surface area contributed by atoms with Gasteiger partial charge in [0, 0.05) is 36.6 Å². The summed E-state index contributed by atoms with van der Waals surface area (Å²) in [5.41, 5.74) is 2.87. The molecule has 2 rings (SSSR count). The summed E-state index contributed by atoms with van der Waals surface area (Å²) >= 11 is 0. The number of ether oxygens (including phenoxy) is 1. The van der Waals surface area contributed by atoms with Crippen LogP contribution >= 0.6 is 0 Å². The number of carbonyl (C=O) groups excluding carboxylic acids is 2. The Morgan fingerprint density at radius 1 is 1.27 bits per heavy atom. The third-order valence-corrected chi connectivity index (χ3v) is 3.85. The van der Waals surface area contributed by atoms with E-state index in [1.165, 1.54) is 12.4 Å². The lowest BCUT2D eigenvalue weighted by Gasteiger charge is -2.13. The number of hydrogen-bond donors (Lipinski definition) is 2. The number of hydrogen-bond acceptors (Lipinski definition) is 6. The van der Waals surface area contributed by atoms with Gasteiger partial charge < -0.3 is 15.0 Å². The van der Waals surface area contributed by atoms with Crippen molar-refractivity contribution >= 4 is 23.9 Å². The molecule has 1 heterocycles. The van der Waals surface area contributed by atoms with Crippen LogP contribution in [0.5, 0.6) is 0 Å². The van der Waals surface area contributed by atoms with Crippen molar-refractivity contribution < 1.29 is 23.1 Å². The number of halogens is 2. The minimum absolute atomic E-state index is 0.0549. The molecule has 1 aromatic carbocycles. The number of aromatic nitrogens is 1. The minimum atomic E-state index is -0.817. The standard InChI is InChI=1S/C20H23F2N5O3/c1-13(12-24-26-20(29)25-16-10-14(21)9-15(22)11-16)18-17(5-4-6-23-18)19(28)30-8-7-27(2)3/h4-6,9-13H,7-8H2,1-3H3,(H2,25,26,29)/b24-12-. The van der Waals surface area contributed by atoms with Crippen LogP contribution < -0.4 is 10.7 Å². The van der Waals surface area contributed by atoms with Crippen LogP contribution in [-0.4, -0.2) is 55.3 Å². The molecule has 0 spiro atoms. The van der Waals surface area contributed by atoms with E-state index in [4.69, 9.17) is 4.74 Å². The number of esters is 1. The van der Waals surface area contributed by atoms with Crippen molar-refractivity contribution in [2.45, 2.75) is 12.8 Å². The summed E-state index contributed by atoms with van der Waals surface area (Å²) < 4.78 is 31.6. The zero-order valence-corrected chi connectivity index (χ0v) is 16.9. The minimum Gasteiger partial charge on any atom is -0.461 e. The van der Waals surface area contributed by atoms with Crippen molar-refractivity contribution in [1.82, 2.24) is 15.3 Å². The van der Waals surface area contributed by atoms with Crippen LogP contribution in [0.25, 0.3) is 0 Å². The van der Waals surface area contributed by atoms with Crippen molar-refractivity contribution in [2.24, 2.45) is 5.10 Å². The highest BCUT2D eigenvalue weighted by Crippen LogP contribution is 2.17. The fraction of sp³-hybridized carbons (Fsp3) is 0.300. The third kappa shape index (κ3) is 7.21. The summed E-state index contributed by atoms with van der Waals surface area (Å²) in [6.07, 6.45) is 2.92. The van der Waals surface area contributed by atoms with Gasteiger partial charge in [0.25, 0.3) is 0 Å². The molecule has 1 unspecified atom stereocenters. The van der Waals surface area contributed by atoms with Gasteiger partial charge in [-0.1, -0.05) is 6.92 Å². The monoisotopic (exact) mass is 419 g/mol. The summed E-state index contributed by atoms with van der Waals surface area (Å²) in [7, 11) is 3.74. The quantitative estimate of drug-likeness (QED) is 0.390. The van der Waals surface area contributed by atoms with Crippen LogP contribution in [0.3, 0.4) is 0 Å². The summed E-state index contributed by atoms with van der Waals surface area (Å²) in [5, 5.41) is 6.06. The molecule has 0 aliphatic heterocycles. The van der Waals surface area contributed by atoms with Gasteiger partial charge in [-0.25, -0.2) is 23.8 Å². The number of urea groups is 1. The smallest absolute Gasteiger partial charge is 0.340 e. The van der Waals surface area contributed by atoms with E-state index in [1.807, 2.05) is 19.0 Å². The number of hydrazone groups is 1. The number of anilines is 1. The van der Waals surface area contributed by atoms with E-state index in [0.717, 1.165) is 12.1 Å². The summed E-state index contributed by atoms with van der Waals surface area (Å²) in [6, 6.07) is 5.07. The lowest BCUT2D eigenvalue weighted by Crippen LogP contribution is -2.25. The maximum absolute atomic E-state index is 13.2. The number of nitrogens with one attached hydrogen (secondary N) is 2. The number of carbonyl (C=O) groups is 2. The Kier molecular flexibility index (Phi) is 8.36. The molecule has 0 aliphatic carbocycles. The van der Waals surface area contributed by atoms with E-state index in [9.17, 15) is 18.4 Å². The molecule has 0 fully saturated rings. The van der Waals surface area contributed by atoms with Gasteiger partial charge in [-0.05, 0) is 38.4 Å². The second-order valence-corrected chi connectivity index (χ2v) is 6.67. The van der Waals surface area contributed by atoms with Crippen LogP contribution in [0.1, 0.15) is 28.9 Å². The molecule has 2 amide bonds. The highest BCUT2D eigenvalue weighted by Gasteiger charge is 2.17. The van der Waals surface area contributed by atoms with Gasteiger partial charge >= 0.3 is 12.0 Å². The zero-order chi connectivity index (χ0) is 22.1. The lowest BCUT2D eigenvalue weighted by atomic mass is 10.0. The van der Waals surface area contributed by atoms with Crippen molar-refractivity contribution in [3.63, 3.8) is 0 Å². The first kappa shape index (κ1) is 22.9. The van der Waals surface area contributed by atoms with E-state index in [1.54, 1.807) is 19.1 Å². The van der Waals surface area contributed by atoms with Gasteiger partial charge in [-0.15, -0.1) is 0 Å². The number of likely N-dealkylation sites (N-methyl/N-ethyl adjacent to an activating group) is 1. The Bertz CT molecular complexity index is 901. The normalized spacial score (nSPS) is 12.1.